The number of nitrogens with one attached hydrogen (secondary N) is 2. The molecule has 0 spiro atoms. The van der Waals surface area contributed by atoms with Crippen LogP contribution in [0.3, 0.4) is 0 Å². The smallest absolute Gasteiger partial charge is 0.237 e. The number of hydrogen-bond donors (Lipinski definition) is 2. The standard InChI is InChI=1S/C16H25N3O2/c1-10-13(11(2)21-19-10)7-8-17-16(20)15-9-12-5-3-4-6-14(12)18-15/h12,14-15,18H,3-9H2,1-2H3,(H,17,20). The van der Waals surface area contributed by atoms with E-state index in [9.17, 15) is 4.79 Å². The van der Waals surface area contributed by atoms with Gasteiger partial charge in [0, 0.05) is 18.2 Å². The average molecular weight is 291 g/mol. The van der Waals surface area contributed by atoms with E-state index >= 15 is 0 Å². The van der Waals surface area contributed by atoms with Crippen LogP contribution < -0.4 is 10.6 Å². The van der Waals surface area contributed by atoms with Crippen molar-refractivity contribution in [2.24, 2.45) is 5.92 Å². The number of amides is 1. The number of carbonyl (C=O) groups is 1. The van der Waals surface area contributed by atoms with E-state index in [4.69, 9.17) is 4.52 Å². The fourth-order valence-corrected chi connectivity index (χ4v) is 3.81. The maximum Gasteiger partial charge on any atom is 0.237 e. The minimum Gasteiger partial charge on any atom is -0.361 e. The molecule has 5 nitrogen and oxygen atoms in total. The monoisotopic (exact) mass is 291 g/mol. The first-order valence-electron chi connectivity index (χ1n) is 8.10. The second kappa shape index (κ2) is 6.18. The van der Waals surface area contributed by atoms with Crippen molar-refractivity contribution >= 4 is 5.91 Å². The summed E-state index contributed by atoms with van der Waals surface area (Å²) in [5, 5.41) is 10.5. The minimum absolute atomic E-state index is 0.00256. The number of rotatable bonds is 4. The van der Waals surface area contributed by atoms with Crippen LogP contribution in [0.5, 0.6) is 0 Å². The van der Waals surface area contributed by atoms with Crippen LogP contribution in [0.2, 0.25) is 0 Å². The zero-order valence-electron chi connectivity index (χ0n) is 12.9. The summed E-state index contributed by atoms with van der Waals surface area (Å²) in [6.07, 6.45) is 6.92. The van der Waals surface area contributed by atoms with E-state index in [1.807, 2.05) is 13.8 Å². The van der Waals surface area contributed by atoms with Crippen molar-refractivity contribution in [1.29, 1.82) is 0 Å². The second-order valence-corrected chi connectivity index (χ2v) is 6.45. The molecule has 1 aliphatic carbocycles. The Bertz CT molecular complexity index is 478. The van der Waals surface area contributed by atoms with E-state index in [0.29, 0.717) is 18.5 Å². The van der Waals surface area contributed by atoms with E-state index in [0.717, 1.165) is 29.9 Å². The summed E-state index contributed by atoms with van der Waals surface area (Å²) in [5.41, 5.74) is 2.04. The third-order valence-corrected chi connectivity index (χ3v) is 5.03. The lowest BCUT2D eigenvalue weighted by Gasteiger charge is -2.24. The first kappa shape index (κ1) is 14.6. The SMILES string of the molecule is Cc1noc(C)c1CCNC(=O)C1CC2CCCCC2N1. The molecule has 3 rings (SSSR count). The van der Waals surface area contributed by atoms with Gasteiger partial charge in [-0.3, -0.25) is 4.79 Å². The van der Waals surface area contributed by atoms with Crippen LogP contribution in [-0.2, 0) is 11.2 Å². The van der Waals surface area contributed by atoms with Gasteiger partial charge in [0.15, 0.2) is 0 Å². The number of carbonyl (C=O) groups excluding carboxylic acids is 1. The molecule has 3 atom stereocenters. The lowest BCUT2D eigenvalue weighted by Crippen LogP contribution is -2.43. The highest BCUT2D eigenvalue weighted by Gasteiger charge is 2.37. The normalized spacial score (nSPS) is 28.4. The average Bonchev–Trinajstić information content (AvgIpc) is 3.04. The van der Waals surface area contributed by atoms with E-state index in [-0.39, 0.29) is 11.9 Å². The molecule has 2 aliphatic rings. The van der Waals surface area contributed by atoms with Crippen molar-refractivity contribution in [2.75, 3.05) is 6.54 Å². The van der Waals surface area contributed by atoms with Crippen molar-refractivity contribution in [3.63, 3.8) is 0 Å². The number of hydrogen-bond acceptors (Lipinski definition) is 4. The molecule has 1 aromatic rings. The van der Waals surface area contributed by atoms with Crippen LogP contribution in [-0.4, -0.2) is 29.7 Å². The minimum atomic E-state index is 0.00256. The molecule has 1 saturated carbocycles. The first-order chi connectivity index (χ1) is 10.1. The van der Waals surface area contributed by atoms with Gasteiger partial charge in [-0.15, -0.1) is 0 Å². The Morgan fingerprint density at radius 3 is 2.90 bits per heavy atom. The quantitative estimate of drug-likeness (QED) is 0.888. The molecule has 2 fully saturated rings. The predicted octanol–water partition coefficient (Wildman–Crippen LogP) is 1.87. The van der Waals surface area contributed by atoms with Crippen LogP contribution in [0.15, 0.2) is 4.52 Å². The van der Waals surface area contributed by atoms with Crippen LogP contribution in [0.25, 0.3) is 0 Å². The van der Waals surface area contributed by atoms with Crippen LogP contribution in [0, 0.1) is 19.8 Å². The van der Waals surface area contributed by atoms with Crippen LogP contribution in [0.4, 0.5) is 0 Å². The first-order valence-corrected chi connectivity index (χ1v) is 8.10. The van der Waals surface area contributed by atoms with E-state index in [1.54, 1.807) is 0 Å². The summed E-state index contributed by atoms with van der Waals surface area (Å²) in [6, 6.07) is 0.569. The van der Waals surface area contributed by atoms with Crippen LogP contribution >= 0.6 is 0 Å². The van der Waals surface area contributed by atoms with E-state index in [2.05, 4.69) is 15.8 Å². The second-order valence-electron chi connectivity index (χ2n) is 6.45. The maximum absolute atomic E-state index is 12.3. The third kappa shape index (κ3) is 3.12. The zero-order chi connectivity index (χ0) is 14.8. The maximum atomic E-state index is 12.3. The highest BCUT2D eigenvalue weighted by atomic mass is 16.5. The van der Waals surface area contributed by atoms with Gasteiger partial charge in [-0.1, -0.05) is 18.0 Å². The topological polar surface area (TPSA) is 67.2 Å². The van der Waals surface area contributed by atoms with Crippen molar-refractivity contribution < 1.29 is 9.32 Å². The summed E-state index contributed by atoms with van der Waals surface area (Å²) in [4.78, 5) is 12.3. The summed E-state index contributed by atoms with van der Waals surface area (Å²) >= 11 is 0. The predicted molar refractivity (Wildman–Crippen MR) is 80.0 cm³/mol. The molecule has 0 aromatic carbocycles. The van der Waals surface area contributed by atoms with Gasteiger partial charge < -0.3 is 15.2 Å². The molecule has 5 heteroatoms. The third-order valence-electron chi connectivity index (χ3n) is 5.03. The molecule has 2 N–H and O–H groups in total. The number of fused-ring (bicyclic) bond motifs is 1. The molecule has 3 unspecified atom stereocenters. The Morgan fingerprint density at radius 2 is 2.19 bits per heavy atom. The van der Waals surface area contributed by atoms with Gasteiger partial charge in [0.25, 0.3) is 0 Å². The van der Waals surface area contributed by atoms with Gasteiger partial charge in [-0.05, 0) is 45.4 Å². The Hall–Kier alpha value is -1.36. The van der Waals surface area contributed by atoms with E-state index in [1.165, 1.54) is 25.7 Å². The highest BCUT2D eigenvalue weighted by molar-refractivity contribution is 5.82. The Kier molecular flexibility index (Phi) is 4.29. The molecule has 1 amide bonds. The molecular formula is C16H25N3O2. The molecule has 0 bridgehead atoms. The van der Waals surface area contributed by atoms with Crippen LogP contribution in [0.1, 0.15) is 49.1 Å². The van der Waals surface area contributed by atoms with Crippen molar-refractivity contribution in [1.82, 2.24) is 15.8 Å². The Labute approximate surface area is 125 Å². The fourth-order valence-electron chi connectivity index (χ4n) is 3.81. The molecule has 116 valence electrons. The zero-order valence-corrected chi connectivity index (χ0v) is 12.9. The summed E-state index contributed by atoms with van der Waals surface area (Å²) in [6.45, 7) is 4.51. The van der Waals surface area contributed by atoms with Crippen molar-refractivity contribution in [2.45, 2.75) is 64.5 Å². The fraction of sp³-hybridized carbons (Fsp3) is 0.750. The molecule has 1 saturated heterocycles. The van der Waals surface area contributed by atoms with Gasteiger partial charge >= 0.3 is 0 Å². The number of nitrogens with zero attached hydrogens (tertiary/aromatic N) is 1. The number of aryl methyl sites for hydroxylation is 2. The molecule has 2 heterocycles. The van der Waals surface area contributed by atoms with Gasteiger partial charge in [0.05, 0.1) is 11.7 Å². The van der Waals surface area contributed by atoms with Gasteiger partial charge in [0.2, 0.25) is 5.91 Å². The van der Waals surface area contributed by atoms with Gasteiger partial charge in [-0.25, -0.2) is 0 Å². The molecule has 21 heavy (non-hydrogen) atoms. The summed E-state index contributed by atoms with van der Waals surface area (Å²) in [7, 11) is 0. The molecule has 0 radical (unpaired) electrons. The number of aromatic nitrogens is 1. The Morgan fingerprint density at radius 1 is 1.38 bits per heavy atom. The van der Waals surface area contributed by atoms with E-state index < -0.39 is 0 Å². The summed E-state index contributed by atoms with van der Waals surface area (Å²) in [5.74, 6) is 1.71. The molecule has 1 aromatic heterocycles. The highest BCUT2D eigenvalue weighted by Crippen LogP contribution is 2.33. The Balaban J connectivity index is 1.47. The van der Waals surface area contributed by atoms with Crippen molar-refractivity contribution in [3.8, 4) is 0 Å². The molecular weight excluding hydrogens is 266 g/mol. The summed E-state index contributed by atoms with van der Waals surface area (Å²) < 4.78 is 5.14. The van der Waals surface area contributed by atoms with Gasteiger partial charge in [0.1, 0.15) is 5.76 Å². The lowest BCUT2D eigenvalue weighted by molar-refractivity contribution is -0.122. The molecule has 1 aliphatic heterocycles. The van der Waals surface area contributed by atoms with Crippen molar-refractivity contribution in [3.05, 3.63) is 17.0 Å². The largest absolute Gasteiger partial charge is 0.361 e. The van der Waals surface area contributed by atoms with Gasteiger partial charge in [-0.2, -0.15) is 0 Å². The lowest BCUT2D eigenvalue weighted by atomic mass is 9.85.